The summed E-state index contributed by atoms with van der Waals surface area (Å²) in [6.45, 7) is 1.16. The van der Waals surface area contributed by atoms with E-state index in [4.69, 9.17) is 0 Å². The molecule has 0 radical (unpaired) electrons. The van der Waals surface area contributed by atoms with Gasteiger partial charge in [0.15, 0.2) is 0 Å². The molecule has 0 atom stereocenters. The molecule has 0 unspecified atom stereocenters. The van der Waals surface area contributed by atoms with Gasteiger partial charge in [0, 0.05) is 11.2 Å². The van der Waals surface area contributed by atoms with E-state index < -0.39 is 0 Å². The van der Waals surface area contributed by atoms with Gasteiger partial charge < -0.3 is 5.32 Å². The molecule has 90 valence electrons. The fraction of sp³-hybridized carbons (Fsp3) is 0.467. The highest BCUT2D eigenvalue weighted by Gasteiger charge is 2.36. The van der Waals surface area contributed by atoms with Crippen molar-refractivity contribution in [2.45, 2.75) is 25.7 Å². The van der Waals surface area contributed by atoms with Crippen LogP contribution in [0.2, 0.25) is 0 Å². The van der Waals surface area contributed by atoms with E-state index in [1.807, 2.05) is 11.3 Å². The molecule has 1 aliphatic rings. The van der Waals surface area contributed by atoms with Gasteiger partial charge in [-0.1, -0.05) is 24.6 Å². The van der Waals surface area contributed by atoms with Crippen LogP contribution in [0.4, 0.5) is 0 Å². The Balaban J connectivity index is 1.89. The van der Waals surface area contributed by atoms with Gasteiger partial charge in [-0.3, -0.25) is 0 Å². The predicted octanol–water partition coefficient (Wildman–Crippen LogP) is 3.83. The average Bonchev–Trinajstić information content (AvgIpc) is 2.70. The zero-order valence-corrected chi connectivity index (χ0v) is 11.1. The molecule has 0 aliphatic heterocycles. The van der Waals surface area contributed by atoms with E-state index in [1.165, 1.54) is 35.8 Å². The van der Waals surface area contributed by atoms with Crippen LogP contribution in [0.5, 0.6) is 0 Å². The van der Waals surface area contributed by atoms with Gasteiger partial charge in [0.2, 0.25) is 0 Å². The van der Waals surface area contributed by atoms with E-state index in [1.54, 1.807) is 5.56 Å². The summed E-state index contributed by atoms with van der Waals surface area (Å²) in [5, 5.41) is 7.21. The highest BCUT2D eigenvalue weighted by molar-refractivity contribution is 7.17. The molecule has 2 aromatic rings. The summed E-state index contributed by atoms with van der Waals surface area (Å²) in [6, 6.07) is 8.79. The lowest BCUT2D eigenvalue weighted by Gasteiger charge is -2.42. The summed E-state index contributed by atoms with van der Waals surface area (Å²) in [6.07, 6.45) is 5.43. The first-order chi connectivity index (χ1) is 8.33. The first kappa shape index (κ1) is 11.2. The van der Waals surface area contributed by atoms with E-state index >= 15 is 0 Å². The van der Waals surface area contributed by atoms with Gasteiger partial charge in [-0.05, 0) is 54.1 Å². The number of thiophene rings is 1. The van der Waals surface area contributed by atoms with Crippen LogP contribution in [-0.4, -0.2) is 13.6 Å². The normalized spacial score (nSPS) is 18.2. The van der Waals surface area contributed by atoms with E-state index in [0.29, 0.717) is 5.41 Å². The molecule has 1 heterocycles. The highest BCUT2D eigenvalue weighted by Crippen LogP contribution is 2.44. The Morgan fingerprint density at radius 1 is 1.29 bits per heavy atom. The molecule has 1 aromatic carbocycles. The van der Waals surface area contributed by atoms with Crippen LogP contribution < -0.4 is 5.32 Å². The summed E-state index contributed by atoms with van der Waals surface area (Å²) in [5.41, 5.74) is 2.10. The lowest BCUT2D eigenvalue weighted by molar-refractivity contribution is 0.134. The lowest BCUT2D eigenvalue weighted by atomic mass is 9.65. The smallest absolute Gasteiger partial charge is 0.0345 e. The Morgan fingerprint density at radius 2 is 2.12 bits per heavy atom. The van der Waals surface area contributed by atoms with Gasteiger partial charge in [0.1, 0.15) is 0 Å². The Bertz CT molecular complexity index is 510. The maximum Gasteiger partial charge on any atom is 0.0345 e. The number of benzene rings is 1. The third-order valence-corrected chi connectivity index (χ3v) is 5.10. The van der Waals surface area contributed by atoms with Crippen LogP contribution >= 0.6 is 11.3 Å². The number of hydrogen-bond donors (Lipinski definition) is 1. The minimum absolute atomic E-state index is 0.540. The minimum Gasteiger partial charge on any atom is -0.319 e. The van der Waals surface area contributed by atoms with Gasteiger partial charge >= 0.3 is 0 Å². The third kappa shape index (κ3) is 2.00. The maximum absolute atomic E-state index is 3.37. The predicted molar refractivity (Wildman–Crippen MR) is 75.7 cm³/mol. The Hall–Kier alpha value is -0.860. The molecule has 0 spiro atoms. The summed E-state index contributed by atoms with van der Waals surface area (Å²) >= 11 is 1.89. The fourth-order valence-electron chi connectivity index (χ4n) is 3.04. The second kappa shape index (κ2) is 4.43. The molecule has 0 bridgehead atoms. The first-order valence-corrected chi connectivity index (χ1v) is 7.31. The molecule has 1 N–H and O–H groups in total. The monoisotopic (exact) mass is 245 g/mol. The molecule has 17 heavy (non-hydrogen) atoms. The minimum atomic E-state index is 0.540. The summed E-state index contributed by atoms with van der Waals surface area (Å²) in [5.74, 6) is 0. The van der Waals surface area contributed by atoms with Gasteiger partial charge in [-0.15, -0.1) is 11.3 Å². The quantitative estimate of drug-likeness (QED) is 0.863. The van der Waals surface area contributed by atoms with Crippen molar-refractivity contribution in [1.29, 1.82) is 0 Å². The summed E-state index contributed by atoms with van der Waals surface area (Å²) < 4.78 is 1.43. The zero-order chi connectivity index (χ0) is 11.7. The van der Waals surface area contributed by atoms with Crippen LogP contribution in [0.15, 0.2) is 29.6 Å². The van der Waals surface area contributed by atoms with Crippen LogP contribution in [-0.2, 0) is 6.42 Å². The Kier molecular flexibility index (Phi) is 2.93. The van der Waals surface area contributed by atoms with Crippen LogP contribution in [0.1, 0.15) is 24.8 Å². The average molecular weight is 245 g/mol. The van der Waals surface area contributed by atoms with E-state index in [2.05, 4.69) is 42.0 Å². The first-order valence-electron chi connectivity index (χ1n) is 6.43. The molecule has 2 heteroatoms. The summed E-state index contributed by atoms with van der Waals surface area (Å²) in [4.78, 5) is 0. The molecular weight excluding hydrogens is 226 g/mol. The van der Waals surface area contributed by atoms with Gasteiger partial charge in [-0.2, -0.15) is 0 Å². The van der Waals surface area contributed by atoms with Crippen molar-refractivity contribution in [3.8, 4) is 0 Å². The van der Waals surface area contributed by atoms with Gasteiger partial charge in [-0.25, -0.2) is 0 Å². The molecule has 1 saturated carbocycles. The second-order valence-corrected chi connectivity index (χ2v) is 6.23. The van der Waals surface area contributed by atoms with Crippen molar-refractivity contribution in [3.63, 3.8) is 0 Å². The second-order valence-electron chi connectivity index (χ2n) is 5.32. The van der Waals surface area contributed by atoms with E-state index in [0.717, 1.165) is 6.54 Å². The molecule has 1 aliphatic carbocycles. The van der Waals surface area contributed by atoms with E-state index in [9.17, 15) is 0 Å². The standard InChI is InChI=1S/C15H19NS/c1-16-11-15(7-4-8-15)9-12-10-17-14-6-3-2-5-13(12)14/h2-3,5-6,10,16H,4,7-9,11H2,1H3. The van der Waals surface area contributed by atoms with Crippen molar-refractivity contribution in [2.24, 2.45) is 5.41 Å². The molecule has 0 saturated heterocycles. The Morgan fingerprint density at radius 3 is 2.82 bits per heavy atom. The zero-order valence-electron chi connectivity index (χ0n) is 10.3. The summed E-state index contributed by atoms with van der Waals surface area (Å²) in [7, 11) is 2.08. The topological polar surface area (TPSA) is 12.0 Å². The molecule has 3 rings (SSSR count). The van der Waals surface area contributed by atoms with Crippen molar-refractivity contribution in [3.05, 3.63) is 35.2 Å². The van der Waals surface area contributed by atoms with Crippen LogP contribution in [0, 0.1) is 5.41 Å². The fourth-order valence-corrected chi connectivity index (χ4v) is 4.00. The Labute approximate surface area is 107 Å². The number of fused-ring (bicyclic) bond motifs is 1. The SMILES string of the molecule is CNCC1(Cc2csc3ccccc23)CCC1. The highest BCUT2D eigenvalue weighted by atomic mass is 32.1. The van der Waals surface area contributed by atoms with Crippen molar-refractivity contribution in [2.75, 3.05) is 13.6 Å². The molecule has 1 aromatic heterocycles. The number of hydrogen-bond acceptors (Lipinski definition) is 2. The van der Waals surface area contributed by atoms with Crippen LogP contribution in [0.25, 0.3) is 10.1 Å². The molecule has 0 amide bonds. The number of nitrogens with one attached hydrogen (secondary N) is 1. The maximum atomic E-state index is 3.37. The van der Waals surface area contributed by atoms with Gasteiger partial charge in [0.25, 0.3) is 0 Å². The molecule has 1 fully saturated rings. The van der Waals surface area contributed by atoms with Gasteiger partial charge in [0.05, 0.1) is 0 Å². The largest absolute Gasteiger partial charge is 0.319 e. The van der Waals surface area contributed by atoms with E-state index in [-0.39, 0.29) is 0 Å². The van der Waals surface area contributed by atoms with Crippen molar-refractivity contribution >= 4 is 21.4 Å². The molecular formula is C15H19NS. The molecule has 1 nitrogen and oxygen atoms in total. The van der Waals surface area contributed by atoms with Crippen molar-refractivity contribution < 1.29 is 0 Å². The third-order valence-electron chi connectivity index (χ3n) is 4.09. The van der Waals surface area contributed by atoms with Crippen molar-refractivity contribution in [1.82, 2.24) is 5.32 Å². The van der Waals surface area contributed by atoms with Crippen LogP contribution in [0.3, 0.4) is 0 Å². The lowest BCUT2D eigenvalue weighted by Crippen LogP contribution is -2.40. The number of rotatable bonds is 4.